The monoisotopic (exact) mass is 286 g/mol. The van der Waals surface area contributed by atoms with Crippen molar-refractivity contribution in [1.82, 2.24) is 0 Å². The van der Waals surface area contributed by atoms with Crippen LogP contribution in [0.1, 0.15) is 2.85 Å². The van der Waals surface area contributed by atoms with Gasteiger partial charge < -0.3 is 2.85 Å². The van der Waals surface area contributed by atoms with Gasteiger partial charge in [0.15, 0.2) is 0 Å². The van der Waals surface area contributed by atoms with E-state index in [2.05, 4.69) is 0 Å². The molecule has 0 aliphatic heterocycles. The van der Waals surface area contributed by atoms with Gasteiger partial charge in [0.2, 0.25) is 0 Å². The van der Waals surface area contributed by atoms with Gasteiger partial charge in [-0.25, -0.2) is 0 Å². The van der Waals surface area contributed by atoms with E-state index in [0.717, 1.165) is 0 Å². The molecule has 0 radical (unpaired) electrons. The fraction of sp³-hybridized carbons (Fsp3) is 0. The molecule has 0 amide bonds. The van der Waals surface area contributed by atoms with Crippen LogP contribution in [0.5, 0.6) is 0 Å². The zero-order valence-corrected chi connectivity index (χ0v) is 17.4. The first-order chi connectivity index (χ1) is 0. The van der Waals surface area contributed by atoms with Crippen molar-refractivity contribution in [1.29, 1.82) is 0 Å². The van der Waals surface area contributed by atoms with E-state index < -0.39 is 0 Å². The smallest absolute Gasteiger partial charge is 1.00 e. The maximum Gasteiger partial charge on any atom is 2.00 e. The molecule has 26 valence electrons. The van der Waals surface area contributed by atoms with Gasteiger partial charge >= 0.3 is 23.1 Å². The second-order valence-corrected chi connectivity index (χ2v) is 0. The zero-order chi connectivity index (χ0) is 0. The average molecular weight is 290 g/mol. The summed E-state index contributed by atoms with van der Waals surface area (Å²) in [5.41, 5.74) is 0. The van der Waals surface area contributed by atoms with Crippen molar-refractivity contribution in [2.45, 2.75) is 0 Å². The summed E-state index contributed by atoms with van der Waals surface area (Å²) in [6.45, 7) is 0. The minimum absolute atomic E-state index is 0. The molecule has 2 unspecified atom stereocenters. The first-order valence-corrected chi connectivity index (χ1v) is 0. The molecule has 6 heteroatoms. The van der Waals surface area contributed by atoms with E-state index in [1.165, 1.54) is 0 Å². The summed E-state index contributed by atoms with van der Waals surface area (Å²) in [5, 5.41) is 0. The molecule has 0 spiro atoms. The fourth-order valence-electron chi connectivity index (χ4n) is 0. The topological polar surface area (TPSA) is 0 Å². The van der Waals surface area contributed by atoms with Gasteiger partial charge in [-0.15, -0.1) is 0 Å². The van der Waals surface area contributed by atoms with Crippen molar-refractivity contribution in [3.63, 3.8) is 0 Å². The Kier molecular flexibility index (Phi) is 365. The van der Waals surface area contributed by atoms with E-state index in [1.54, 1.807) is 0 Å². The predicted octanol–water partition coefficient (Wildman–Crippen LogP) is -0.0471. The molecule has 0 aliphatic rings. The molecule has 0 nitrogen and oxygen atoms in total. The summed E-state index contributed by atoms with van der Waals surface area (Å²) < 4.78 is 0. The van der Waals surface area contributed by atoms with Crippen molar-refractivity contribution in [2.24, 2.45) is 0 Å². The van der Waals surface area contributed by atoms with E-state index in [-0.39, 0.29) is 104 Å². The molecule has 0 rings (SSSR count). The van der Waals surface area contributed by atoms with Crippen LogP contribution in [0, 0.1) is 0 Å². The largest absolute Gasteiger partial charge is 2.00 e. The molecule has 0 saturated heterocycles. The normalized spacial score (nSPS) is 0. The molecule has 2 atom stereocenters. The molecule has 0 aromatic rings. The number of rotatable bonds is 0. The zero-order valence-electron chi connectivity index (χ0n) is 6.24. The SMILES string of the molecule is P.P.[H-].[H-].[Mg+2].[Zn].[Zn].[Zn]. The number of hydrogen-bond acceptors (Lipinski definition) is 0. The summed E-state index contributed by atoms with van der Waals surface area (Å²) in [6, 6.07) is 0. The molecule has 0 aromatic carbocycles. The second kappa shape index (κ2) is 39.1. The van der Waals surface area contributed by atoms with Gasteiger partial charge in [0, 0.05) is 58.4 Å². The van der Waals surface area contributed by atoms with Crippen LogP contribution in [0.25, 0.3) is 0 Å². The van der Waals surface area contributed by atoms with E-state index in [1.807, 2.05) is 0 Å². The van der Waals surface area contributed by atoms with Crippen LogP contribution in [-0.4, -0.2) is 23.1 Å². The minimum atomic E-state index is 0. The van der Waals surface area contributed by atoms with Crippen molar-refractivity contribution in [3.8, 4) is 0 Å². The van der Waals surface area contributed by atoms with Crippen molar-refractivity contribution >= 4 is 42.9 Å². The third kappa shape index (κ3) is 25.9. The molecular weight excluding hydrogens is 282 g/mol. The standard InChI is InChI=1S/Mg.2H3P.3Zn.2H/h;2*1H3;;;;;/q+2;;;;;;2*-1. The molecule has 0 N–H and O–H groups in total. The summed E-state index contributed by atoms with van der Waals surface area (Å²) in [7, 11) is 0. The van der Waals surface area contributed by atoms with Crippen molar-refractivity contribution < 1.29 is 61.3 Å². The fourth-order valence-corrected chi connectivity index (χ4v) is 0. The Hall–Kier alpha value is 3.50. The van der Waals surface area contributed by atoms with Crippen molar-refractivity contribution in [3.05, 3.63) is 0 Å². The molecule has 0 fully saturated rings. The summed E-state index contributed by atoms with van der Waals surface area (Å²) >= 11 is 0. The molecule has 6 heavy (non-hydrogen) atoms. The van der Waals surface area contributed by atoms with E-state index in [9.17, 15) is 0 Å². The second-order valence-electron chi connectivity index (χ2n) is 0. The van der Waals surface area contributed by atoms with E-state index in [4.69, 9.17) is 0 Å². The van der Waals surface area contributed by atoms with Crippen LogP contribution in [0.4, 0.5) is 0 Å². The summed E-state index contributed by atoms with van der Waals surface area (Å²) in [6.07, 6.45) is 0. The van der Waals surface area contributed by atoms with Crippen LogP contribution in [0.15, 0.2) is 0 Å². The first kappa shape index (κ1) is 56.1. The Balaban J connectivity index is 0. The maximum atomic E-state index is 0. The van der Waals surface area contributed by atoms with Crippen LogP contribution in [-0.2, 0) is 58.4 Å². The Morgan fingerprint density at radius 1 is 0.667 bits per heavy atom. The summed E-state index contributed by atoms with van der Waals surface area (Å²) in [5.74, 6) is 0. The van der Waals surface area contributed by atoms with Gasteiger partial charge in [-0.3, -0.25) is 0 Å². The van der Waals surface area contributed by atoms with Gasteiger partial charge in [0.1, 0.15) is 0 Å². The predicted molar refractivity (Wildman–Crippen MR) is 30.2 cm³/mol. The third-order valence-electron chi connectivity index (χ3n) is 0. The van der Waals surface area contributed by atoms with E-state index >= 15 is 0 Å². The third-order valence-corrected chi connectivity index (χ3v) is 0. The molecular formula is H8MgP2Zn3. The van der Waals surface area contributed by atoms with Gasteiger partial charge in [0.25, 0.3) is 0 Å². The van der Waals surface area contributed by atoms with Gasteiger partial charge in [-0.05, 0) is 0 Å². The quantitative estimate of drug-likeness (QED) is 0.434. The number of hydrogen-bond donors (Lipinski definition) is 0. The Bertz CT molecular complexity index is 15.2. The molecule has 0 saturated carbocycles. The van der Waals surface area contributed by atoms with Gasteiger partial charge in [-0.2, -0.15) is 19.8 Å². The molecule has 0 aromatic heterocycles. The average Bonchev–Trinajstić information content (AvgIpc) is 0. The van der Waals surface area contributed by atoms with Crippen LogP contribution < -0.4 is 0 Å². The minimum Gasteiger partial charge on any atom is -1.00 e. The van der Waals surface area contributed by atoms with E-state index in [0.29, 0.717) is 0 Å². The first-order valence-electron chi connectivity index (χ1n) is 0. The maximum absolute atomic E-state index is 0. The Labute approximate surface area is 103 Å². The Morgan fingerprint density at radius 2 is 0.667 bits per heavy atom. The summed E-state index contributed by atoms with van der Waals surface area (Å²) in [4.78, 5) is 0. The van der Waals surface area contributed by atoms with Crippen LogP contribution in [0.2, 0.25) is 0 Å². The molecule has 0 bridgehead atoms. The van der Waals surface area contributed by atoms with Gasteiger partial charge in [-0.1, -0.05) is 0 Å². The van der Waals surface area contributed by atoms with Crippen LogP contribution >= 0.6 is 19.8 Å². The molecule has 0 aliphatic carbocycles. The Morgan fingerprint density at radius 3 is 0.667 bits per heavy atom. The van der Waals surface area contributed by atoms with Crippen LogP contribution in [0.3, 0.4) is 0 Å². The van der Waals surface area contributed by atoms with Gasteiger partial charge in [0.05, 0.1) is 0 Å². The molecule has 0 heterocycles. The van der Waals surface area contributed by atoms with Crippen molar-refractivity contribution in [2.75, 3.05) is 0 Å².